The van der Waals surface area contributed by atoms with E-state index in [-0.39, 0.29) is 43.0 Å². The van der Waals surface area contributed by atoms with Gasteiger partial charge in [0.15, 0.2) is 0 Å². The number of likely N-dealkylation sites (tertiary alicyclic amines) is 1. The Morgan fingerprint density at radius 1 is 1.46 bits per heavy atom. The van der Waals surface area contributed by atoms with Crippen LogP contribution in [0, 0.1) is 5.92 Å². The van der Waals surface area contributed by atoms with E-state index in [4.69, 9.17) is 5.11 Å². The maximum Gasteiger partial charge on any atom is 0.317 e. The van der Waals surface area contributed by atoms with Gasteiger partial charge in [0, 0.05) is 39.3 Å². The highest BCUT2D eigenvalue weighted by Gasteiger charge is 2.48. The standard InChI is InChI=1S/C17H25N5O4/c1-10(16(24)25)9-20(2)17(26)19-12-8-14(23)22(11-4-5-11)15(12)13-6-7-18-21(13)3/h6-7,10-12,15H,4-5,8-9H2,1-3H3,(H,19,26)(H,24,25)/t10?,12-,15-/m1/s1. The molecule has 1 saturated carbocycles. The van der Waals surface area contributed by atoms with Crippen molar-refractivity contribution in [3.05, 3.63) is 18.0 Å². The number of urea groups is 1. The number of carbonyl (C=O) groups excluding carboxylic acids is 2. The zero-order valence-corrected chi connectivity index (χ0v) is 15.3. The summed E-state index contributed by atoms with van der Waals surface area (Å²) < 4.78 is 1.73. The first-order valence-corrected chi connectivity index (χ1v) is 8.83. The van der Waals surface area contributed by atoms with Crippen molar-refractivity contribution in [2.75, 3.05) is 13.6 Å². The molecule has 26 heavy (non-hydrogen) atoms. The highest BCUT2D eigenvalue weighted by atomic mass is 16.4. The highest BCUT2D eigenvalue weighted by Crippen LogP contribution is 2.41. The average molecular weight is 363 g/mol. The summed E-state index contributed by atoms with van der Waals surface area (Å²) in [6, 6.07) is 1.11. The second-order valence-electron chi connectivity index (χ2n) is 7.24. The van der Waals surface area contributed by atoms with Crippen LogP contribution in [0.25, 0.3) is 0 Å². The molecule has 3 atom stereocenters. The fourth-order valence-electron chi connectivity index (χ4n) is 3.53. The van der Waals surface area contributed by atoms with Crippen molar-refractivity contribution in [3.63, 3.8) is 0 Å². The summed E-state index contributed by atoms with van der Waals surface area (Å²) in [7, 11) is 3.38. The zero-order valence-electron chi connectivity index (χ0n) is 15.3. The molecule has 0 bridgehead atoms. The molecule has 0 radical (unpaired) electrons. The van der Waals surface area contributed by atoms with Crippen LogP contribution in [0.4, 0.5) is 4.79 Å². The number of nitrogens with one attached hydrogen (secondary N) is 1. The SMILES string of the molecule is CC(CN(C)C(=O)N[C@@H]1CC(=O)N(C2CC2)[C@H]1c1ccnn1C)C(=O)O. The van der Waals surface area contributed by atoms with Crippen LogP contribution in [0.5, 0.6) is 0 Å². The summed E-state index contributed by atoms with van der Waals surface area (Å²) in [4.78, 5) is 39.3. The lowest BCUT2D eigenvalue weighted by Gasteiger charge is -2.30. The number of carboxylic acid groups (broad SMARTS) is 1. The van der Waals surface area contributed by atoms with E-state index in [1.165, 1.54) is 4.90 Å². The van der Waals surface area contributed by atoms with Crippen molar-refractivity contribution in [1.29, 1.82) is 0 Å². The number of carbonyl (C=O) groups is 3. The summed E-state index contributed by atoms with van der Waals surface area (Å²) in [5.41, 5.74) is 0.884. The molecule has 9 heteroatoms. The summed E-state index contributed by atoms with van der Waals surface area (Å²) in [6.45, 7) is 1.66. The molecular formula is C17H25N5O4. The number of amides is 3. The smallest absolute Gasteiger partial charge is 0.317 e. The molecule has 1 saturated heterocycles. The van der Waals surface area contributed by atoms with Crippen LogP contribution in [0.1, 0.15) is 37.9 Å². The number of nitrogens with zero attached hydrogens (tertiary/aromatic N) is 4. The molecule has 2 heterocycles. The van der Waals surface area contributed by atoms with Gasteiger partial charge in [-0.15, -0.1) is 0 Å². The minimum absolute atomic E-state index is 0.0329. The van der Waals surface area contributed by atoms with Crippen LogP contribution >= 0.6 is 0 Å². The van der Waals surface area contributed by atoms with E-state index in [1.54, 1.807) is 24.9 Å². The van der Waals surface area contributed by atoms with E-state index in [2.05, 4.69) is 10.4 Å². The molecule has 1 aliphatic carbocycles. The molecule has 142 valence electrons. The van der Waals surface area contributed by atoms with Gasteiger partial charge < -0.3 is 20.2 Å². The Hall–Kier alpha value is -2.58. The van der Waals surface area contributed by atoms with Gasteiger partial charge in [-0.05, 0) is 18.9 Å². The van der Waals surface area contributed by atoms with Crippen molar-refractivity contribution in [1.82, 2.24) is 24.9 Å². The number of carboxylic acids is 1. The second-order valence-corrected chi connectivity index (χ2v) is 7.24. The molecule has 0 aromatic carbocycles. The topological polar surface area (TPSA) is 108 Å². The van der Waals surface area contributed by atoms with Gasteiger partial charge in [-0.1, -0.05) is 6.92 Å². The quantitative estimate of drug-likeness (QED) is 0.769. The van der Waals surface area contributed by atoms with E-state index in [9.17, 15) is 14.4 Å². The van der Waals surface area contributed by atoms with Crippen molar-refractivity contribution in [2.45, 2.75) is 44.3 Å². The molecule has 2 fully saturated rings. The van der Waals surface area contributed by atoms with Crippen LogP contribution in [0.3, 0.4) is 0 Å². The van der Waals surface area contributed by atoms with E-state index >= 15 is 0 Å². The van der Waals surface area contributed by atoms with Crippen LogP contribution in [0.2, 0.25) is 0 Å². The molecule has 3 rings (SSSR count). The Labute approximate surface area is 151 Å². The fraction of sp³-hybridized carbons (Fsp3) is 0.647. The molecule has 1 aromatic heterocycles. The molecular weight excluding hydrogens is 338 g/mol. The largest absolute Gasteiger partial charge is 0.481 e. The average Bonchev–Trinajstić information content (AvgIpc) is 3.24. The summed E-state index contributed by atoms with van der Waals surface area (Å²) in [6.07, 6.45) is 3.89. The number of aliphatic carboxylic acids is 1. The zero-order chi connectivity index (χ0) is 19.0. The van der Waals surface area contributed by atoms with Crippen LogP contribution in [-0.2, 0) is 16.6 Å². The van der Waals surface area contributed by atoms with Gasteiger partial charge in [-0.3, -0.25) is 14.3 Å². The number of aromatic nitrogens is 2. The summed E-state index contributed by atoms with van der Waals surface area (Å²) in [5.74, 6) is -1.58. The summed E-state index contributed by atoms with van der Waals surface area (Å²) in [5, 5.41) is 16.1. The maximum absolute atomic E-state index is 12.6. The Morgan fingerprint density at radius 2 is 2.15 bits per heavy atom. The molecule has 0 spiro atoms. The minimum Gasteiger partial charge on any atom is -0.481 e. The Bertz CT molecular complexity index is 714. The Balaban J connectivity index is 1.75. The monoisotopic (exact) mass is 363 g/mol. The number of rotatable bonds is 6. The van der Waals surface area contributed by atoms with Gasteiger partial charge in [-0.25, -0.2) is 4.79 Å². The van der Waals surface area contributed by atoms with Gasteiger partial charge >= 0.3 is 12.0 Å². The molecule has 9 nitrogen and oxygen atoms in total. The third kappa shape index (κ3) is 3.51. The lowest BCUT2D eigenvalue weighted by atomic mass is 10.1. The van der Waals surface area contributed by atoms with Crippen molar-refractivity contribution >= 4 is 17.9 Å². The molecule has 1 unspecified atom stereocenters. The van der Waals surface area contributed by atoms with Crippen LogP contribution in [0.15, 0.2) is 12.3 Å². The van der Waals surface area contributed by atoms with Crippen molar-refractivity contribution in [3.8, 4) is 0 Å². The van der Waals surface area contributed by atoms with Gasteiger partial charge in [0.2, 0.25) is 5.91 Å². The van der Waals surface area contributed by atoms with Crippen molar-refractivity contribution < 1.29 is 19.5 Å². The molecule has 3 amide bonds. The predicted molar refractivity (Wildman–Crippen MR) is 92.2 cm³/mol. The van der Waals surface area contributed by atoms with E-state index in [1.807, 2.05) is 18.0 Å². The minimum atomic E-state index is -0.951. The number of hydrogen-bond acceptors (Lipinski definition) is 4. The maximum atomic E-state index is 12.6. The van der Waals surface area contributed by atoms with Gasteiger partial charge in [0.1, 0.15) is 0 Å². The lowest BCUT2D eigenvalue weighted by Crippen LogP contribution is -2.47. The summed E-state index contributed by atoms with van der Waals surface area (Å²) >= 11 is 0. The first kappa shape index (κ1) is 18.2. The third-order valence-corrected chi connectivity index (χ3v) is 5.09. The first-order valence-electron chi connectivity index (χ1n) is 8.83. The van der Waals surface area contributed by atoms with Crippen LogP contribution < -0.4 is 5.32 Å². The fourth-order valence-corrected chi connectivity index (χ4v) is 3.53. The molecule has 2 aliphatic rings. The molecule has 1 aliphatic heterocycles. The molecule has 2 N–H and O–H groups in total. The second kappa shape index (κ2) is 6.97. The van der Waals surface area contributed by atoms with Crippen LogP contribution in [-0.4, -0.2) is 68.3 Å². The highest BCUT2D eigenvalue weighted by molar-refractivity contribution is 5.83. The van der Waals surface area contributed by atoms with Crippen molar-refractivity contribution in [2.24, 2.45) is 13.0 Å². The predicted octanol–water partition coefficient (Wildman–Crippen LogP) is 0.587. The van der Waals surface area contributed by atoms with Gasteiger partial charge in [-0.2, -0.15) is 5.10 Å². The third-order valence-electron chi connectivity index (χ3n) is 5.09. The number of aryl methyl sites for hydroxylation is 1. The number of hydrogen-bond donors (Lipinski definition) is 2. The Morgan fingerprint density at radius 3 is 2.69 bits per heavy atom. The normalized spacial score (nSPS) is 23.8. The van der Waals surface area contributed by atoms with Gasteiger partial charge in [0.25, 0.3) is 0 Å². The van der Waals surface area contributed by atoms with E-state index in [0.717, 1.165) is 18.5 Å². The Kier molecular flexibility index (Phi) is 4.88. The lowest BCUT2D eigenvalue weighted by molar-refractivity contribution is -0.141. The first-order chi connectivity index (χ1) is 12.3. The van der Waals surface area contributed by atoms with E-state index < -0.39 is 11.9 Å². The molecule has 1 aromatic rings. The van der Waals surface area contributed by atoms with E-state index in [0.29, 0.717) is 0 Å². The van der Waals surface area contributed by atoms with Gasteiger partial charge in [0.05, 0.1) is 23.7 Å².